The van der Waals surface area contributed by atoms with E-state index in [1.165, 1.54) is 29.5 Å². The molecule has 2 aromatic carbocycles. The number of benzene rings is 2. The average Bonchev–Trinajstić information content (AvgIpc) is 3.15. The first-order valence-corrected chi connectivity index (χ1v) is 9.73. The number of thioether (sulfide) groups is 1. The Balaban J connectivity index is 1.43. The number of halogens is 1. The van der Waals surface area contributed by atoms with Gasteiger partial charge in [0.25, 0.3) is 0 Å². The number of amides is 1. The van der Waals surface area contributed by atoms with E-state index < -0.39 is 0 Å². The van der Waals surface area contributed by atoms with E-state index in [0.29, 0.717) is 11.0 Å². The largest absolute Gasteiger partial charge is 0.353 e. The molecule has 1 amide bonds. The Hall–Kier alpha value is -2.67. The normalized spacial score (nSPS) is 11.9. The van der Waals surface area contributed by atoms with E-state index in [1.807, 2.05) is 25.1 Å². The second kappa shape index (κ2) is 9.32. The van der Waals surface area contributed by atoms with Crippen LogP contribution in [-0.4, -0.2) is 32.9 Å². The summed E-state index contributed by atoms with van der Waals surface area (Å²) in [5.41, 5.74) is 2.01. The van der Waals surface area contributed by atoms with Crippen molar-refractivity contribution in [2.24, 2.45) is 0 Å². The number of aromatic nitrogens is 3. The summed E-state index contributed by atoms with van der Waals surface area (Å²) in [6, 6.07) is 16.3. The van der Waals surface area contributed by atoms with Crippen LogP contribution in [0.5, 0.6) is 0 Å². The van der Waals surface area contributed by atoms with Crippen LogP contribution in [0.25, 0.3) is 11.4 Å². The van der Waals surface area contributed by atoms with Crippen LogP contribution in [0.3, 0.4) is 0 Å². The van der Waals surface area contributed by atoms with Crippen molar-refractivity contribution in [1.29, 1.82) is 0 Å². The predicted molar refractivity (Wildman–Crippen MR) is 105 cm³/mol. The molecule has 0 spiro atoms. The molecule has 0 aliphatic carbocycles. The summed E-state index contributed by atoms with van der Waals surface area (Å²) >= 11 is 1.26. The number of hydrogen-bond acceptors (Lipinski definition) is 4. The number of nitrogens with one attached hydrogen (secondary N) is 2. The highest BCUT2D eigenvalue weighted by Gasteiger charge is 2.11. The molecule has 0 saturated heterocycles. The molecule has 2 N–H and O–H groups in total. The van der Waals surface area contributed by atoms with Crippen molar-refractivity contribution in [2.45, 2.75) is 31.0 Å². The molecular weight excluding hydrogens is 363 g/mol. The number of hydrogen-bond donors (Lipinski definition) is 2. The monoisotopic (exact) mass is 384 g/mol. The number of aromatic amines is 1. The molecule has 0 saturated carbocycles. The molecule has 0 fully saturated rings. The summed E-state index contributed by atoms with van der Waals surface area (Å²) in [5, 5.41) is 10.4. The van der Waals surface area contributed by atoms with Crippen molar-refractivity contribution in [3.63, 3.8) is 0 Å². The number of carbonyl (C=O) groups excluding carboxylic acids is 1. The fourth-order valence-corrected chi connectivity index (χ4v) is 3.20. The lowest BCUT2D eigenvalue weighted by atomic mass is 10.1. The Kier molecular flexibility index (Phi) is 6.59. The van der Waals surface area contributed by atoms with Crippen molar-refractivity contribution in [1.82, 2.24) is 20.5 Å². The predicted octanol–water partition coefficient (Wildman–Crippen LogP) is 3.84. The molecule has 1 atom stereocenters. The van der Waals surface area contributed by atoms with Crippen molar-refractivity contribution >= 4 is 17.7 Å². The number of carbonyl (C=O) groups is 1. The van der Waals surface area contributed by atoms with E-state index in [4.69, 9.17) is 0 Å². The van der Waals surface area contributed by atoms with Crippen LogP contribution in [0.2, 0.25) is 0 Å². The van der Waals surface area contributed by atoms with Gasteiger partial charge in [0.05, 0.1) is 5.75 Å². The first-order valence-electron chi connectivity index (χ1n) is 8.74. The van der Waals surface area contributed by atoms with E-state index in [1.54, 1.807) is 12.1 Å². The number of H-pyrrole nitrogens is 1. The van der Waals surface area contributed by atoms with Gasteiger partial charge in [-0.1, -0.05) is 42.1 Å². The maximum Gasteiger partial charge on any atom is 0.230 e. The van der Waals surface area contributed by atoms with Gasteiger partial charge in [0.15, 0.2) is 5.82 Å². The standard InChI is InChI=1S/C20H21FN4OS/c1-14(7-8-15-5-3-2-4-6-15)22-18(26)13-27-20-23-19(24-25-20)16-9-11-17(21)12-10-16/h2-6,9-12,14H,7-8,13H2,1H3,(H,22,26)(H,23,24,25). The maximum atomic E-state index is 13.0. The summed E-state index contributed by atoms with van der Waals surface area (Å²) in [4.78, 5) is 16.4. The zero-order valence-electron chi connectivity index (χ0n) is 15.0. The molecule has 0 radical (unpaired) electrons. The quantitative estimate of drug-likeness (QED) is 0.579. The Labute approximate surface area is 161 Å². The van der Waals surface area contributed by atoms with Crippen molar-refractivity contribution in [3.05, 3.63) is 66.0 Å². The zero-order chi connectivity index (χ0) is 19.1. The highest BCUT2D eigenvalue weighted by Crippen LogP contribution is 2.19. The second-order valence-electron chi connectivity index (χ2n) is 6.25. The van der Waals surface area contributed by atoms with Crippen LogP contribution in [0.15, 0.2) is 59.8 Å². The van der Waals surface area contributed by atoms with Gasteiger partial charge in [-0.25, -0.2) is 9.37 Å². The van der Waals surface area contributed by atoms with Gasteiger partial charge in [0.1, 0.15) is 5.82 Å². The molecule has 0 aliphatic rings. The molecule has 1 heterocycles. The SMILES string of the molecule is CC(CCc1ccccc1)NC(=O)CSc1n[nH]c(-c2ccc(F)cc2)n1. The summed E-state index contributed by atoms with van der Waals surface area (Å²) in [6.07, 6.45) is 1.81. The minimum absolute atomic E-state index is 0.0475. The minimum atomic E-state index is -0.300. The van der Waals surface area contributed by atoms with Gasteiger partial charge < -0.3 is 5.32 Å². The first-order chi connectivity index (χ1) is 13.1. The molecule has 5 nitrogen and oxygen atoms in total. The lowest BCUT2D eigenvalue weighted by Gasteiger charge is -2.13. The van der Waals surface area contributed by atoms with Crippen LogP contribution in [0.4, 0.5) is 4.39 Å². The minimum Gasteiger partial charge on any atom is -0.353 e. The molecule has 0 bridgehead atoms. The van der Waals surface area contributed by atoms with Crippen LogP contribution >= 0.6 is 11.8 Å². The van der Waals surface area contributed by atoms with Gasteiger partial charge in [-0.05, 0) is 49.6 Å². The highest BCUT2D eigenvalue weighted by molar-refractivity contribution is 7.99. The van der Waals surface area contributed by atoms with E-state index in [-0.39, 0.29) is 23.5 Å². The summed E-state index contributed by atoms with van der Waals surface area (Å²) < 4.78 is 13.0. The molecular formula is C20H21FN4OS. The van der Waals surface area contributed by atoms with Gasteiger partial charge in [-0.15, -0.1) is 5.10 Å². The van der Waals surface area contributed by atoms with E-state index in [0.717, 1.165) is 18.4 Å². The van der Waals surface area contributed by atoms with Gasteiger partial charge in [-0.2, -0.15) is 0 Å². The average molecular weight is 384 g/mol. The van der Waals surface area contributed by atoms with Crippen LogP contribution in [0, 0.1) is 5.82 Å². The Bertz CT molecular complexity index is 867. The fourth-order valence-electron chi connectivity index (χ4n) is 2.59. The van der Waals surface area contributed by atoms with Crippen LogP contribution in [0.1, 0.15) is 18.9 Å². The molecule has 0 aliphatic heterocycles. The van der Waals surface area contributed by atoms with E-state index in [9.17, 15) is 9.18 Å². The van der Waals surface area contributed by atoms with E-state index >= 15 is 0 Å². The smallest absolute Gasteiger partial charge is 0.230 e. The van der Waals surface area contributed by atoms with Crippen molar-refractivity contribution in [3.8, 4) is 11.4 Å². The third kappa shape index (κ3) is 5.92. The molecule has 1 aromatic heterocycles. The van der Waals surface area contributed by atoms with Crippen LogP contribution < -0.4 is 5.32 Å². The number of aryl methyl sites for hydroxylation is 1. The van der Waals surface area contributed by atoms with Crippen molar-refractivity contribution < 1.29 is 9.18 Å². The molecule has 27 heavy (non-hydrogen) atoms. The Morgan fingerprint density at radius 3 is 2.67 bits per heavy atom. The lowest BCUT2D eigenvalue weighted by molar-refractivity contribution is -0.119. The molecule has 7 heteroatoms. The Morgan fingerprint density at radius 1 is 1.19 bits per heavy atom. The summed E-state index contributed by atoms with van der Waals surface area (Å²) in [7, 11) is 0. The second-order valence-corrected chi connectivity index (χ2v) is 7.20. The number of rotatable bonds is 8. The van der Waals surface area contributed by atoms with Gasteiger partial charge in [-0.3, -0.25) is 9.89 Å². The third-order valence-electron chi connectivity index (χ3n) is 4.03. The fraction of sp³-hybridized carbons (Fsp3) is 0.250. The lowest BCUT2D eigenvalue weighted by Crippen LogP contribution is -2.34. The molecule has 3 rings (SSSR count). The summed E-state index contributed by atoms with van der Waals surface area (Å²) in [5.74, 6) is 0.449. The highest BCUT2D eigenvalue weighted by atomic mass is 32.2. The molecule has 1 unspecified atom stereocenters. The van der Waals surface area contributed by atoms with Crippen LogP contribution in [-0.2, 0) is 11.2 Å². The maximum absolute atomic E-state index is 13.0. The van der Waals surface area contributed by atoms with Gasteiger partial charge in [0.2, 0.25) is 11.1 Å². The number of nitrogens with zero attached hydrogens (tertiary/aromatic N) is 2. The topological polar surface area (TPSA) is 70.7 Å². The molecule has 140 valence electrons. The van der Waals surface area contributed by atoms with Gasteiger partial charge >= 0.3 is 0 Å². The summed E-state index contributed by atoms with van der Waals surface area (Å²) in [6.45, 7) is 2.00. The van der Waals surface area contributed by atoms with Crippen molar-refractivity contribution in [2.75, 3.05) is 5.75 Å². The third-order valence-corrected chi connectivity index (χ3v) is 4.88. The van der Waals surface area contributed by atoms with E-state index in [2.05, 4.69) is 32.6 Å². The zero-order valence-corrected chi connectivity index (χ0v) is 15.8. The molecule has 3 aromatic rings. The first kappa shape index (κ1) is 19.1. The Morgan fingerprint density at radius 2 is 1.93 bits per heavy atom. The van der Waals surface area contributed by atoms with Gasteiger partial charge in [0, 0.05) is 11.6 Å².